The first-order chi connectivity index (χ1) is 12.1. The van der Waals surface area contributed by atoms with Crippen molar-refractivity contribution in [2.75, 3.05) is 6.79 Å². The van der Waals surface area contributed by atoms with E-state index in [-0.39, 0.29) is 13.2 Å². The summed E-state index contributed by atoms with van der Waals surface area (Å²) in [5.41, 5.74) is 2.34. The topological polar surface area (TPSA) is 68.7 Å². The average molecular weight is 418 g/mol. The molecule has 2 heterocycles. The number of halogens is 1. The Morgan fingerprint density at radius 3 is 2.96 bits per heavy atom. The van der Waals surface area contributed by atoms with Crippen molar-refractivity contribution < 1.29 is 19.4 Å². The van der Waals surface area contributed by atoms with E-state index in [0.717, 1.165) is 20.3 Å². The molecular weight excluding hydrogens is 406 g/mol. The van der Waals surface area contributed by atoms with Gasteiger partial charge in [-0.1, -0.05) is 12.1 Å². The van der Waals surface area contributed by atoms with Gasteiger partial charge in [0.15, 0.2) is 11.5 Å². The molecule has 0 saturated carbocycles. The van der Waals surface area contributed by atoms with Gasteiger partial charge in [0.25, 0.3) is 0 Å². The SMILES string of the molecule is O=C(O)C/C(=C\c1cc(Br)c2c(c1)OCO2)c1nc2ccccc2s1. The number of aliphatic carboxylic acids is 1. The molecular formula is C18H12BrNO4S. The van der Waals surface area contributed by atoms with Gasteiger partial charge >= 0.3 is 5.97 Å². The Labute approximate surface area is 155 Å². The second kappa shape index (κ2) is 6.50. The fourth-order valence-corrected chi connectivity index (χ4v) is 4.19. The van der Waals surface area contributed by atoms with Crippen LogP contribution in [0.25, 0.3) is 21.9 Å². The van der Waals surface area contributed by atoms with Crippen LogP contribution >= 0.6 is 27.3 Å². The summed E-state index contributed by atoms with van der Waals surface area (Å²) in [6.07, 6.45) is 1.73. The van der Waals surface area contributed by atoms with Gasteiger partial charge in [0, 0.05) is 0 Å². The number of hydrogen-bond acceptors (Lipinski definition) is 5. The third-order valence-corrected chi connectivity index (χ3v) is 5.40. The number of carboxylic acids is 1. The predicted molar refractivity (Wildman–Crippen MR) is 100 cm³/mol. The molecule has 0 atom stereocenters. The van der Waals surface area contributed by atoms with E-state index >= 15 is 0 Å². The van der Waals surface area contributed by atoms with Crippen LogP contribution < -0.4 is 9.47 Å². The van der Waals surface area contributed by atoms with Gasteiger partial charge in [-0.3, -0.25) is 4.79 Å². The van der Waals surface area contributed by atoms with E-state index in [1.807, 2.05) is 42.5 Å². The minimum absolute atomic E-state index is 0.105. The number of hydrogen-bond donors (Lipinski definition) is 1. The number of carboxylic acid groups (broad SMARTS) is 1. The van der Waals surface area contributed by atoms with Crippen molar-refractivity contribution >= 4 is 55.1 Å². The van der Waals surface area contributed by atoms with Gasteiger partial charge in [0.1, 0.15) is 5.01 Å². The smallest absolute Gasteiger partial charge is 0.307 e. The Bertz CT molecular complexity index is 978. The summed E-state index contributed by atoms with van der Waals surface area (Å²) in [6, 6.07) is 11.5. The highest BCUT2D eigenvalue weighted by Gasteiger charge is 2.19. The first kappa shape index (κ1) is 16.1. The van der Waals surface area contributed by atoms with E-state index in [2.05, 4.69) is 20.9 Å². The lowest BCUT2D eigenvalue weighted by Gasteiger charge is -2.04. The first-order valence-electron chi connectivity index (χ1n) is 7.47. The zero-order valence-corrected chi connectivity index (χ0v) is 15.3. The van der Waals surface area contributed by atoms with Crippen molar-refractivity contribution in [1.29, 1.82) is 0 Å². The quantitative estimate of drug-likeness (QED) is 0.659. The molecule has 1 aliphatic heterocycles. The third kappa shape index (κ3) is 3.25. The zero-order chi connectivity index (χ0) is 17.4. The Balaban J connectivity index is 1.80. The summed E-state index contributed by atoms with van der Waals surface area (Å²) in [6.45, 7) is 0.182. The van der Waals surface area contributed by atoms with Crippen molar-refractivity contribution in [1.82, 2.24) is 4.98 Å². The number of thiazole rings is 1. The molecule has 1 aromatic heterocycles. The highest BCUT2D eigenvalue weighted by atomic mass is 79.9. The minimum atomic E-state index is -0.898. The highest BCUT2D eigenvalue weighted by molar-refractivity contribution is 9.10. The Kier molecular flexibility index (Phi) is 4.19. The van der Waals surface area contributed by atoms with Crippen LogP contribution in [0.5, 0.6) is 11.5 Å². The lowest BCUT2D eigenvalue weighted by Crippen LogP contribution is -1.97. The Morgan fingerprint density at radius 1 is 1.32 bits per heavy atom. The molecule has 5 nitrogen and oxygen atoms in total. The summed E-state index contributed by atoms with van der Waals surface area (Å²) >= 11 is 4.95. The number of rotatable bonds is 4. The second-order valence-electron chi connectivity index (χ2n) is 5.46. The summed E-state index contributed by atoms with van der Waals surface area (Å²) in [7, 11) is 0. The molecule has 0 saturated heterocycles. The third-order valence-electron chi connectivity index (χ3n) is 3.70. The van der Waals surface area contributed by atoms with Crippen molar-refractivity contribution in [2.24, 2.45) is 0 Å². The number of benzene rings is 2. The number of carbonyl (C=O) groups is 1. The second-order valence-corrected chi connectivity index (χ2v) is 7.35. The first-order valence-corrected chi connectivity index (χ1v) is 9.08. The van der Waals surface area contributed by atoms with Crippen LogP contribution in [0.15, 0.2) is 40.9 Å². The molecule has 3 aromatic rings. The summed E-state index contributed by atoms with van der Waals surface area (Å²) in [5.74, 6) is 0.404. The number of nitrogens with zero attached hydrogens (tertiary/aromatic N) is 1. The molecule has 0 spiro atoms. The fourth-order valence-electron chi connectivity index (χ4n) is 2.63. The average Bonchev–Trinajstić information content (AvgIpc) is 3.20. The van der Waals surface area contributed by atoms with Gasteiger partial charge in [-0.15, -0.1) is 11.3 Å². The molecule has 2 aromatic carbocycles. The van der Waals surface area contributed by atoms with E-state index in [0.29, 0.717) is 22.1 Å². The van der Waals surface area contributed by atoms with Crippen LogP contribution in [0.1, 0.15) is 17.0 Å². The van der Waals surface area contributed by atoms with E-state index in [4.69, 9.17) is 9.47 Å². The van der Waals surface area contributed by atoms with Gasteiger partial charge in [0.05, 0.1) is 21.1 Å². The van der Waals surface area contributed by atoms with Crippen LogP contribution in [0.3, 0.4) is 0 Å². The minimum Gasteiger partial charge on any atom is -0.481 e. The number of fused-ring (bicyclic) bond motifs is 2. The molecule has 4 rings (SSSR count). The van der Waals surface area contributed by atoms with Crippen LogP contribution in [0, 0.1) is 0 Å². The van der Waals surface area contributed by atoms with Crippen molar-refractivity contribution in [3.63, 3.8) is 0 Å². The predicted octanol–water partition coefficient (Wildman–Crippen LogP) is 4.80. The maximum Gasteiger partial charge on any atom is 0.307 e. The fraction of sp³-hybridized carbons (Fsp3) is 0.111. The molecule has 0 radical (unpaired) electrons. The lowest BCUT2D eigenvalue weighted by molar-refractivity contribution is -0.135. The van der Waals surface area contributed by atoms with Gasteiger partial charge in [0.2, 0.25) is 6.79 Å². The Morgan fingerprint density at radius 2 is 2.16 bits per heavy atom. The maximum absolute atomic E-state index is 11.3. The van der Waals surface area contributed by atoms with Crippen molar-refractivity contribution in [2.45, 2.75) is 6.42 Å². The van der Waals surface area contributed by atoms with E-state index in [9.17, 15) is 9.90 Å². The molecule has 25 heavy (non-hydrogen) atoms. The molecule has 0 fully saturated rings. The molecule has 0 amide bonds. The number of ether oxygens (including phenoxy) is 2. The molecule has 0 unspecified atom stereocenters. The molecule has 0 bridgehead atoms. The largest absolute Gasteiger partial charge is 0.481 e. The lowest BCUT2D eigenvalue weighted by atomic mass is 10.1. The molecule has 1 aliphatic rings. The van der Waals surface area contributed by atoms with Crippen LogP contribution in [-0.4, -0.2) is 22.9 Å². The number of aromatic nitrogens is 1. The maximum atomic E-state index is 11.3. The highest BCUT2D eigenvalue weighted by Crippen LogP contribution is 2.41. The van der Waals surface area contributed by atoms with Crippen LogP contribution in [-0.2, 0) is 4.79 Å². The molecule has 7 heteroatoms. The standard InChI is InChI=1S/C18H12BrNO4S/c19-12-6-10(7-14-17(12)24-9-23-14)5-11(8-16(21)22)18-20-13-3-1-2-4-15(13)25-18/h1-7H,8-9H2,(H,21,22)/b11-5+. The van der Waals surface area contributed by atoms with Gasteiger partial charge in [-0.05, 0) is 57.4 Å². The zero-order valence-electron chi connectivity index (χ0n) is 12.9. The molecule has 0 aliphatic carbocycles. The van der Waals surface area contributed by atoms with Gasteiger partial charge in [-0.2, -0.15) is 0 Å². The van der Waals surface area contributed by atoms with Crippen molar-refractivity contribution in [3.05, 3.63) is 51.4 Å². The van der Waals surface area contributed by atoms with Crippen molar-refractivity contribution in [3.8, 4) is 11.5 Å². The van der Waals surface area contributed by atoms with E-state index in [1.165, 1.54) is 11.3 Å². The van der Waals surface area contributed by atoms with Gasteiger partial charge in [-0.25, -0.2) is 4.98 Å². The summed E-state index contributed by atoms with van der Waals surface area (Å²) < 4.78 is 12.6. The van der Waals surface area contributed by atoms with E-state index < -0.39 is 5.97 Å². The Hall–Kier alpha value is -2.38. The molecule has 1 N–H and O–H groups in total. The van der Waals surface area contributed by atoms with Crippen LogP contribution in [0.4, 0.5) is 0 Å². The molecule has 126 valence electrons. The summed E-state index contributed by atoms with van der Waals surface area (Å²) in [4.78, 5) is 15.9. The normalized spacial score (nSPS) is 13.4. The van der Waals surface area contributed by atoms with Gasteiger partial charge < -0.3 is 14.6 Å². The van der Waals surface area contributed by atoms with E-state index in [1.54, 1.807) is 0 Å². The monoisotopic (exact) mass is 417 g/mol. The number of para-hydroxylation sites is 1. The van der Waals surface area contributed by atoms with Crippen LogP contribution in [0.2, 0.25) is 0 Å². The summed E-state index contributed by atoms with van der Waals surface area (Å²) in [5, 5.41) is 10.00.